The van der Waals surface area contributed by atoms with Crippen LogP contribution >= 0.6 is 0 Å². The second-order valence-electron chi connectivity index (χ2n) is 14.6. The summed E-state index contributed by atoms with van der Waals surface area (Å²) in [6.45, 7) is 0. The van der Waals surface area contributed by atoms with Gasteiger partial charge in [0.1, 0.15) is 5.82 Å². The monoisotopic (exact) mass is 727 g/mol. The molecule has 0 fully saturated rings. The Labute approximate surface area is 327 Å². The van der Waals surface area contributed by atoms with Gasteiger partial charge in [0.2, 0.25) is 0 Å². The molecule has 0 bridgehead atoms. The second-order valence-corrected chi connectivity index (χ2v) is 14.6. The van der Waals surface area contributed by atoms with E-state index in [-0.39, 0.29) is 0 Å². The van der Waals surface area contributed by atoms with Gasteiger partial charge in [-0.05, 0) is 47.5 Å². The maximum absolute atomic E-state index is 5.35. The van der Waals surface area contributed by atoms with Gasteiger partial charge in [0.25, 0.3) is 0 Å². The molecule has 0 saturated carbocycles. The van der Waals surface area contributed by atoms with E-state index in [0.717, 1.165) is 61.1 Å². The van der Waals surface area contributed by atoms with Crippen LogP contribution in [0.25, 0.3) is 105 Å². The molecule has 0 aliphatic carbocycles. The van der Waals surface area contributed by atoms with E-state index in [0.29, 0.717) is 5.82 Å². The molecule has 0 amide bonds. The number of nitrogens with zero attached hydrogens (tertiary/aromatic N) is 5. The lowest BCUT2D eigenvalue weighted by Gasteiger charge is -2.14. The second kappa shape index (κ2) is 12.4. The molecular formula is C52H33N5. The highest BCUT2D eigenvalue weighted by Gasteiger charge is 2.24. The van der Waals surface area contributed by atoms with Crippen LogP contribution in [0, 0.1) is 0 Å². The van der Waals surface area contributed by atoms with Crippen LogP contribution in [0.1, 0.15) is 0 Å². The summed E-state index contributed by atoms with van der Waals surface area (Å²) in [5.41, 5.74) is 12.0. The van der Waals surface area contributed by atoms with Crippen molar-refractivity contribution in [2.75, 3.05) is 0 Å². The molecule has 5 heteroatoms. The van der Waals surface area contributed by atoms with Gasteiger partial charge in [0, 0.05) is 49.5 Å². The van der Waals surface area contributed by atoms with E-state index in [9.17, 15) is 0 Å². The predicted molar refractivity (Wildman–Crippen MR) is 236 cm³/mol. The third kappa shape index (κ3) is 4.76. The normalized spacial score (nSPS) is 11.9. The molecule has 0 aliphatic heterocycles. The Balaban J connectivity index is 1.17. The smallest absolute Gasteiger partial charge is 0.162 e. The van der Waals surface area contributed by atoms with Crippen molar-refractivity contribution >= 4 is 65.4 Å². The van der Waals surface area contributed by atoms with Gasteiger partial charge in [-0.25, -0.2) is 19.3 Å². The number of fused-ring (bicyclic) bond motifs is 10. The number of benzene rings is 8. The van der Waals surface area contributed by atoms with Crippen molar-refractivity contribution in [3.05, 3.63) is 200 Å². The molecule has 5 nitrogen and oxygen atoms in total. The van der Waals surface area contributed by atoms with Crippen molar-refractivity contribution in [3.63, 3.8) is 0 Å². The van der Waals surface area contributed by atoms with Crippen molar-refractivity contribution in [1.29, 1.82) is 0 Å². The zero-order valence-electron chi connectivity index (χ0n) is 30.8. The van der Waals surface area contributed by atoms with Crippen molar-refractivity contribution in [3.8, 4) is 39.6 Å². The molecule has 0 N–H and O–H groups in total. The maximum atomic E-state index is 5.35. The Kier molecular flexibility index (Phi) is 6.86. The average Bonchev–Trinajstić information content (AvgIpc) is 3.92. The van der Waals surface area contributed by atoms with Gasteiger partial charge in [-0.1, -0.05) is 158 Å². The first-order valence-electron chi connectivity index (χ1n) is 19.3. The van der Waals surface area contributed by atoms with Gasteiger partial charge in [-0.3, -0.25) is 4.57 Å². The van der Waals surface area contributed by atoms with Crippen molar-refractivity contribution < 1.29 is 0 Å². The Morgan fingerprint density at radius 2 is 0.807 bits per heavy atom. The largest absolute Gasteiger partial charge is 0.294 e. The van der Waals surface area contributed by atoms with Crippen LogP contribution in [0.3, 0.4) is 0 Å². The summed E-state index contributed by atoms with van der Waals surface area (Å²) in [7, 11) is 0. The topological polar surface area (TPSA) is 40.6 Å². The number of para-hydroxylation sites is 4. The van der Waals surface area contributed by atoms with E-state index in [1.165, 1.54) is 38.1 Å². The van der Waals surface area contributed by atoms with Gasteiger partial charge in [0.15, 0.2) is 5.82 Å². The fourth-order valence-corrected chi connectivity index (χ4v) is 8.94. The van der Waals surface area contributed by atoms with Gasteiger partial charge in [0.05, 0.1) is 38.8 Å². The predicted octanol–water partition coefficient (Wildman–Crippen LogP) is 13.1. The van der Waals surface area contributed by atoms with E-state index in [1.54, 1.807) is 0 Å². The van der Waals surface area contributed by atoms with Gasteiger partial charge in [-0.15, -0.1) is 0 Å². The lowest BCUT2D eigenvalue weighted by molar-refractivity contribution is 0.777. The van der Waals surface area contributed by atoms with Crippen LogP contribution in [0.5, 0.6) is 0 Å². The van der Waals surface area contributed by atoms with Crippen LogP contribution in [0.2, 0.25) is 0 Å². The fraction of sp³-hybridized carbons (Fsp3) is 0. The van der Waals surface area contributed by atoms with Crippen LogP contribution in [0.15, 0.2) is 200 Å². The van der Waals surface area contributed by atoms with Gasteiger partial charge in [-0.2, -0.15) is 0 Å². The lowest BCUT2D eigenvalue weighted by atomic mass is 10.0. The molecule has 4 heterocycles. The van der Waals surface area contributed by atoms with Gasteiger partial charge < -0.3 is 0 Å². The minimum atomic E-state index is 0.682. The summed E-state index contributed by atoms with van der Waals surface area (Å²) >= 11 is 0. The van der Waals surface area contributed by atoms with Crippen molar-refractivity contribution in [1.82, 2.24) is 23.9 Å². The first kappa shape index (κ1) is 31.6. The highest BCUT2D eigenvalue weighted by atomic mass is 15.5. The summed E-state index contributed by atoms with van der Waals surface area (Å²) in [5, 5.41) is 7.21. The molecule has 0 radical (unpaired) electrons. The van der Waals surface area contributed by atoms with Crippen LogP contribution in [-0.4, -0.2) is 23.9 Å². The average molecular weight is 728 g/mol. The third-order valence-electron chi connectivity index (χ3n) is 11.5. The molecule has 0 saturated heterocycles. The quantitative estimate of drug-likeness (QED) is 0.177. The van der Waals surface area contributed by atoms with Crippen LogP contribution < -0.4 is 0 Å². The van der Waals surface area contributed by atoms with E-state index in [1.807, 2.05) is 18.2 Å². The zero-order valence-corrected chi connectivity index (χ0v) is 30.8. The molecule has 12 aromatic rings. The van der Waals surface area contributed by atoms with Crippen LogP contribution in [0.4, 0.5) is 0 Å². The Bertz CT molecular complexity index is 3450. The molecule has 0 atom stereocenters. The van der Waals surface area contributed by atoms with Gasteiger partial charge >= 0.3 is 0 Å². The number of rotatable bonds is 5. The molecule has 57 heavy (non-hydrogen) atoms. The molecular weight excluding hydrogens is 695 g/mol. The summed E-state index contributed by atoms with van der Waals surface area (Å²) in [4.78, 5) is 10.6. The van der Waals surface area contributed by atoms with Crippen molar-refractivity contribution in [2.45, 2.75) is 0 Å². The number of hydrogen-bond acceptors (Lipinski definition) is 2. The zero-order chi connectivity index (χ0) is 37.5. The highest BCUT2D eigenvalue weighted by Crippen LogP contribution is 2.42. The highest BCUT2D eigenvalue weighted by molar-refractivity contribution is 6.26. The Morgan fingerprint density at radius 1 is 0.316 bits per heavy atom. The third-order valence-corrected chi connectivity index (χ3v) is 11.5. The molecule has 4 aromatic heterocycles. The fourth-order valence-electron chi connectivity index (χ4n) is 8.94. The summed E-state index contributed by atoms with van der Waals surface area (Å²) in [6, 6.07) is 71.2. The lowest BCUT2D eigenvalue weighted by Crippen LogP contribution is -2.08. The minimum absolute atomic E-state index is 0.682. The summed E-state index contributed by atoms with van der Waals surface area (Å²) in [5.74, 6) is 1.50. The summed E-state index contributed by atoms with van der Waals surface area (Å²) < 4.78 is 7.19. The first-order chi connectivity index (χ1) is 28.3. The first-order valence-corrected chi connectivity index (χ1v) is 19.3. The van der Waals surface area contributed by atoms with Crippen molar-refractivity contribution in [2.24, 2.45) is 0 Å². The minimum Gasteiger partial charge on any atom is -0.294 e. The standard InChI is InChI=1S/C52H33N5/c1-3-15-34(16-4-1)35-27-29-36(30-28-35)43-33-49(54-52(53-43)37-17-5-2-6-18-37)55-44-23-11-10-22-42(44)50-48(55)32-31-41-40-21-9-14-26-47(40)57(51(41)50)56-45-24-12-7-19-38(45)39-20-8-13-25-46(39)56/h1-33H. The Morgan fingerprint density at radius 3 is 1.46 bits per heavy atom. The molecule has 0 unspecified atom stereocenters. The van der Waals surface area contributed by atoms with E-state index in [2.05, 4.69) is 196 Å². The molecule has 8 aromatic carbocycles. The SMILES string of the molecule is c1ccc(-c2ccc(-c3cc(-n4c5ccccc5c5c4ccc4c6ccccc6n(-n6c7ccccc7c7ccccc76)c45)nc(-c4ccccc4)n3)cc2)cc1. The Hall–Kier alpha value is -7.76. The van der Waals surface area contributed by atoms with E-state index < -0.39 is 0 Å². The maximum Gasteiger partial charge on any atom is 0.162 e. The van der Waals surface area contributed by atoms with E-state index >= 15 is 0 Å². The molecule has 266 valence electrons. The van der Waals surface area contributed by atoms with Crippen LogP contribution in [-0.2, 0) is 0 Å². The van der Waals surface area contributed by atoms with E-state index in [4.69, 9.17) is 9.97 Å². The molecule has 0 aliphatic rings. The number of hydrogen-bond donors (Lipinski definition) is 0. The molecule has 0 spiro atoms. The summed E-state index contributed by atoms with van der Waals surface area (Å²) in [6.07, 6.45) is 0. The molecule has 12 rings (SSSR count). The number of aromatic nitrogens is 5.